The summed E-state index contributed by atoms with van der Waals surface area (Å²) in [6.07, 6.45) is 6.70. The molecule has 2 aliphatic rings. The van der Waals surface area contributed by atoms with E-state index in [-0.39, 0.29) is 16.7 Å². The molecule has 0 fully saturated rings. The van der Waals surface area contributed by atoms with Crippen LogP contribution in [0.4, 0.5) is 5.69 Å². The first-order valence-corrected chi connectivity index (χ1v) is 8.07. The summed E-state index contributed by atoms with van der Waals surface area (Å²) in [6, 6.07) is 8.93. The molecule has 0 heterocycles. The van der Waals surface area contributed by atoms with Crippen LogP contribution in [-0.2, 0) is 14.9 Å². The van der Waals surface area contributed by atoms with Crippen LogP contribution in [0.5, 0.6) is 0 Å². The second-order valence-corrected chi connectivity index (χ2v) is 6.23. The minimum atomic E-state index is -4.30. The Bertz CT molecular complexity index is 907. The Balaban J connectivity index is 2.00. The van der Waals surface area contributed by atoms with E-state index in [0.717, 1.165) is 0 Å². The molecular weight excluding hydrogens is 316 g/mol. The van der Waals surface area contributed by atoms with Gasteiger partial charge in [0.2, 0.25) is 5.78 Å². The lowest BCUT2D eigenvalue weighted by atomic mass is 9.92. The van der Waals surface area contributed by atoms with E-state index < -0.39 is 10.1 Å². The van der Waals surface area contributed by atoms with Gasteiger partial charge in [0, 0.05) is 5.57 Å². The van der Waals surface area contributed by atoms with Crippen LogP contribution in [0.2, 0.25) is 0 Å². The molecule has 2 aliphatic carbocycles. The van der Waals surface area contributed by atoms with Crippen LogP contribution in [0, 0.1) is 5.25 Å². The highest BCUT2D eigenvalue weighted by Crippen LogP contribution is 2.32. The molecule has 0 saturated carbocycles. The third-order valence-corrected chi connectivity index (χ3v) is 4.09. The topological polar surface area (TPSA) is 96.2 Å². The van der Waals surface area contributed by atoms with Crippen molar-refractivity contribution in [1.82, 2.24) is 0 Å². The molecule has 0 amide bonds. The third-order valence-electron chi connectivity index (χ3n) is 3.25. The van der Waals surface area contributed by atoms with Gasteiger partial charge in [-0.25, -0.2) is 0 Å². The highest BCUT2D eigenvalue weighted by atomic mass is 32.2. The van der Waals surface area contributed by atoms with Crippen LogP contribution in [0.1, 0.15) is 0 Å². The normalized spacial score (nSPS) is 18.5. The van der Waals surface area contributed by atoms with Crippen molar-refractivity contribution in [3.05, 3.63) is 82.8 Å². The van der Waals surface area contributed by atoms with E-state index in [9.17, 15) is 13.2 Å². The Morgan fingerprint density at radius 2 is 1.65 bits per heavy atom. The molecule has 0 bridgehead atoms. The summed E-state index contributed by atoms with van der Waals surface area (Å²) in [6.45, 7) is 0. The molecule has 6 nitrogen and oxygen atoms in total. The minimum absolute atomic E-state index is 0.119. The van der Waals surface area contributed by atoms with Crippen molar-refractivity contribution in [3.8, 4) is 0 Å². The van der Waals surface area contributed by atoms with Gasteiger partial charge in [0.05, 0.1) is 5.69 Å². The van der Waals surface area contributed by atoms with E-state index in [2.05, 4.69) is 10.2 Å². The third kappa shape index (κ3) is 3.25. The molecule has 1 aromatic rings. The molecule has 0 aromatic heterocycles. The minimum Gasteiger partial charge on any atom is -0.287 e. The van der Waals surface area contributed by atoms with Gasteiger partial charge < -0.3 is 0 Å². The maximum Gasteiger partial charge on any atom is 0.280 e. The van der Waals surface area contributed by atoms with Crippen molar-refractivity contribution in [2.75, 3.05) is 0 Å². The number of nitrogens with zero attached hydrogens (tertiary/aromatic N) is 2. The van der Waals surface area contributed by atoms with Gasteiger partial charge in [0.15, 0.2) is 5.25 Å². The van der Waals surface area contributed by atoms with Crippen LogP contribution in [-0.4, -0.2) is 18.8 Å². The second kappa shape index (κ2) is 5.86. The molecule has 0 saturated heterocycles. The van der Waals surface area contributed by atoms with Gasteiger partial charge in [0.25, 0.3) is 10.1 Å². The van der Waals surface area contributed by atoms with Crippen LogP contribution in [0.15, 0.2) is 87.8 Å². The first-order chi connectivity index (χ1) is 10.9. The summed E-state index contributed by atoms with van der Waals surface area (Å²) in [4.78, 5) is 12.0. The second-order valence-electron chi connectivity index (χ2n) is 4.81. The molecule has 0 spiro atoms. The monoisotopic (exact) mass is 327 g/mol. The summed E-state index contributed by atoms with van der Waals surface area (Å²) >= 11 is 0. The van der Waals surface area contributed by atoms with Crippen molar-refractivity contribution in [2.24, 2.45) is 10.2 Å². The Morgan fingerprint density at radius 3 is 2.35 bits per heavy atom. The van der Waals surface area contributed by atoms with Crippen molar-refractivity contribution < 1.29 is 17.8 Å². The average Bonchev–Trinajstić information content (AvgIpc) is 2.53. The predicted molar refractivity (Wildman–Crippen MR) is 84.1 cm³/mol. The summed E-state index contributed by atoms with van der Waals surface area (Å²) < 4.78 is 31.5. The Labute approximate surface area is 133 Å². The SMILES string of the molecule is O=C1C=CC2=C[C](S(=O)(=O)O)C=CC2=C1N=Nc1ccccc1. The molecule has 0 aliphatic heterocycles. The van der Waals surface area contributed by atoms with Gasteiger partial charge in [-0.2, -0.15) is 13.5 Å². The first kappa shape index (κ1) is 15.3. The van der Waals surface area contributed by atoms with E-state index >= 15 is 0 Å². The lowest BCUT2D eigenvalue weighted by molar-refractivity contribution is -0.111. The highest BCUT2D eigenvalue weighted by molar-refractivity contribution is 7.89. The number of hydrogen-bond donors (Lipinski definition) is 1. The average molecular weight is 327 g/mol. The Hall–Kier alpha value is -2.64. The number of azo groups is 1. The summed E-state index contributed by atoms with van der Waals surface area (Å²) in [5.41, 5.74) is 1.65. The standard InChI is InChI=1S/C16H11N2O4S/c19-15-9-6-11-10-13(23(20,21)22)7-8-14(11)16(15)18-17-12-4-2-1-3-5-12/h1-10H,(H,20,21,22). The van der Waals surface area contributed by atoms with E-state index in [1.54, 1.807) is 24.3 Å². The van der Waals surface area contributed by atoms with Crippen molar-refractivity contribution in [3.63, 3.8) is 0 Å². The Morgan fingerprint density at radius 1 is 0.913 bits per heavy atom. The van der Waals surface area contributed by atoms with Crippen molar-refractivity contribution in [2.45, 2.75) is 0 Å². The van der Waals surface area contributed by atoms with Crippen molar-refractivity contribution >= 4 is 21.6 Å². The van der Waals surface area contributed by atoms with E-state index in [1.165, 1.54) is 30.4 Å². The zero-order valence-corrected chi connectivity index (χ0v) is 12.6. The zero-order chi connectivity index (χ0) is 16.4. The molecule has 1 aromatic carbocycles. The molecule has 0 atom stereocenters. The zero-order valence-electron chi connectivity index (χ0n) is 11.7. The molecule has 3 rings (SSSR count). The smallest absolute Gasteiger partial charge is 0.280 e. The largest absolute Gasteiger partial charge is 0.287 e. The number of allylic oxidation sites excluding steroid dienone is 5. The number of carbonyl (C=O) groups excluding carboxylic acids is 1. The van der Waals surface area contributed by atoms with E-state index in [1.807, 2.05) is 6.07 Å². The lowest BCUT2D eigenvalue weighted by Crippen LogP contribution is -2.14. The van der Waals surface area contributed by atoms with Gasteiger partial charge in [-0.15, -0.1) is 5.11 Å². The van der Waals surface area contributed by atoms with E-state index in [0.29, 0.717) is 16.8 Å². The fourth-order valence-corrected chi connectivity index (χ4v) is 2.65. The molecular formula is C16H11N2O4S. The van der Waals surface area contributed by atoms with Gasteiger partial charge in [-0.3, -0.25) is 9.35 Å². The summed E-state index contributed by atoms with van der Waals surface area (Å²) in [7, 11) is -4.30. The van der Waals surface area contributed by atoms with Crippen LogP contribution in [0.3, 0.4) is 0 Å². The summed E-state index contributed by atoms with van der Waals surface area (Å²) in [5, 5.41) is 7.77. The fourth-order valence-electron chi connectivity index (χ4n) is 2.14. The molecule has 23 heavy (non-hydrogen) atoms. The number of fused-ring (bicyclic) bond motifs is 1. The molecule has 0 unspecified atom stereocenters. The fraction of sp³-hybridized carbons (Fsp3) is 0. The van der Waals surface area contributed by atoms with Crippen LogP contribution >= 0.6 is 0 Å². The van der Waals surface area contributed by atoms with Gasteiger partial charge in [-0.1, -0.05) is 36.4 Å². The molecule has 1 radical (unpaired) electrons. The van der Waals surface area contributed by atoms with Crippen molar-refractivity contribution in [1.29, 1.82) is 0 Å². The Kier molecular flexibility index (Phi) is 3.89. The molecule has 7 heteroatoms. The maximum atomic E-state index is 12.0. The number of hydrogen-bond acceptors (Lipinski definition) is 5. The number of benzene rings is 1. The van der Waals surface area contributed by atoms with Crippen LogP contribution < -0.4 is 0 Å². The van der Waals surface area contributed by atoms with E-state index in [4.69, 9.17) is 4.55 Å². The quantitative estimate of drug-likeness (QED) is 0.681. The van der Waals surface area contributed by atoms with Gasteiger partial charge in [-0.05, 0) is 29.9 Å². The highest BCUT2D eigenvalue weighted by Gasteiger charge is 2.27. The van der Waals surface area contributed by atoms with Gasteiger partial charge in [0.1, 0.15) is 5.70 Å². The maximum absolute atomic E-state index is 12.0. The number of rotatable bonds is 3. The number of carbonyl (C=O) groups is 1. The van der Waals surface area contributed by atoms with Gasteiger partial charge >= 0.3 is 0 Å². The molecule has 115 valence electrons. The number of ketones is 1. The summed E-state index contributed by atoms with van der Waals surface area (Å²) in [5.74, 6) is -0.322. The molecule has 1 N–H and O–H groups in total. The predicted octanol–water partition coefficient (Wildman–Crippen LogP) is 3.08. The van der Waals surface area contributed by atoms with Crippen LogP contribution in [0.25, 0.3) is 0 Å². The lowest BCUT2D eigenvalue weighted by Gasteiger charge is -2.17. The first-order valence-electron chi connectivity index (χ1n) is 6.63.